The Hall–Kier alpha value is -3.41. The van der Waals surface area contributed by atoms with Gasteiger partial charge in [0, 0.05) is 29.7 Å². The molecule has 1 N–H and O–H groups in total. The SMILES string of the molecule is Cc1ccc(CNc2ncc(-c3ccncc3)c(-c3ccoc3C)n2)o1. The Balaban J connectivity index is 1.71. The lowest BCUT2D eigenvalue weighted by atomic mass is 10.0. The standard InChI is InChI=1S/C20H18N4O2/c1-13-3-4-16(26-13)11-22-20-23-12-18(15-5-8-21-9-6-15)19(24-20)17-7-10-25-14(17)2/h3-10,12H,11H2,1-2H3,(H,22,23,24). The zero-order valence-electron chi connectivity index (χ0n) is 14.6. The normalized spacial score (nSPS) is 10.8. The average molecular weight is 346 g/mol. The molecule has 0 aliphatic carbocycles. The summed E-state index contributed by atoms with van der Waals surface area (Å²) in [6.45, 7) is 4.36. The summed E-state index contributed by atoms with van der Waals surface area (Å²) >= 11 is 0. The largest absolute Gasteiger partial charge is 0.469 e. The van der Waals surface area contributed by atoms with Gasteiger partial charge in [-0.05, 0) is 49.7 Å². The summed E-state index contributed by atoms with van der Waals surface area (Å²) in [7, 11) is 0. The Morgan fingerprint density at radius 1 is 1.00 bits per heavy atom. The highest BCUT2D eigenvalue weighted by atomic mass is 16.3. The highest BCUT2D eigenvalue weighted by molar-refractivity contribution is 5.81. The molecule has 0 spiro atoms. The fourth-order valence-corrected chi connectivity index (χ4v) is 2.79. The molecule has 0 saturated heterocycles. The van der Waals surface area contributed by atoms with Crippen molar-refractivity contribution in [3.63, 3.8) is 0 Å². The smallest absolute Gasteiger partial charge is 0.223 e. The average Bonchev–Trinajstić information content (AvgIpc) is 3.28. The molecule has 130 valence electrons. The maximum atomic E-state index is 5.58. The summed E-state index contributed by atoms with van der Waals surface area (Å²) in [4.78, 5) is 13.3. The second-order valence-electron chi connectivity index (χ2n) is 5.95. The van der Waals surface area contributed by atoms with Crippen molar-refractivity contribution in [1.82, 2.24) is 15.0 Å². The molecule has 0 atom stereocenters. The van der Waals surface area contributed by atoms with Gasteiger partial charge in [-0.2, -0.15) is 0 Å². The summed E-state index contributed by atoms with van der Waals surface area (Å²) in [6.07, 6.45) is 7.00. The van der Waals surface area contributed by atoms with E-state index in [1.165, 1.54) is 0 Å². The van der Waals surface area contributed by atoms with Crippen molar-refractivity contribution in [2.75, 3.05) is 5.32 Å². The zero-order valence-corrected chi connectivity index (χ0v) is 14.6. The monoisotopic (exact) mass is 346 g/mol. The van der Waals surface area contributed by atoms with Crippen molar-refractivity contribution in [2.24, 2.45) is 0 Å². The van der Waals surface area contributed by atoms with Gasteiger partial charge in [-0.25, -0.2) is 9.97 Å². The predicted molar refractivity (Wildman–Crippen MR) is 98.5 cm³/mol. The van der Waals surface area contributed by atoms with E-state index in [0.717, 1.165) is 39.7 Å². The van der Waals surface area contributed by atoms with E-state index >= 15 is 0 Å². The molecule has 0 aliphatic rings. The second-order valence-corrected chi connectivity index (χ2v) is 5.95. The van der Waals surface area contributed by atoms with E-state index in [2.05, 4.69) is 15.3 Å². The molecule has 4 heterocycles. The number of hydrogen-bond acceptors (Lipinski definition) is 6. The Bertz CT molecular complexity index is 1020. The Labute approximate surface area is 150 Å². The van der Waals surface area contributed by atoms with Crippen LogP contribution in [0, 0.1) is 13.8 Å². The molecule has 4 rings (SSSR count). The van der Waals surface area contributed by atoms with Crippen LogP contribution < -0.4 is 5.32 Å². The van der Waals surface area contributed by atoms with E-state index in [0.29, 0.717) is 12.5 Å². The fraction of sp³-hybridized carbons (Fsp3) is 0.150. The molecule has 0 radical (unpaired) electrons. The highest BCUT2D eigenvalue weighted by Crippen LogP contribution is 2.32. The van der Waals surface area contributed by atoms with Crippen molar-refractivity contribution in [3.05, 3.63) is 72.5 Å². The Morgan fingerprint density at radius 3 is 2.54 bits per heavy atom. The van der Waals surface area contributed by atoms with Crippen molar-refractivity contribution in [2.45, 2.75) is 20.4 Å². The quantitative estimate of drug-likeness (QED) is 0.568. The molecule has 4 aromatic heterocycles. The van der Waals surface area contributed by atoms with Gasteiger partial charge >= 0.3 is 0 Å². The molecule has 0 unspecified atom stereocenters. The molecule has 26 heavy (non-hydrogen) atoms. The molecule has 0 bridgehead atoms. The van der Waals surface area contributed by atoms with Crippen LogP contribution in [0.25, 0.3) is 22.4 Å². The molecule has 4 aromatic rings. The van der Waals surface area contributed by atoms with Gasteiger partial charge in [0.2, 0.25) is 5.95 Å². The van der Waals surface area contributed by atoms with E-state index in [9.17, 15) is 0 Å². The molecular formula is C20H18N4O2. The van der Waals surface area contributed by atoms with Crippen LogP contribution >= 0.6 is 0 Å². The van der Waals surface area contributed by atoms with Crippen LogP contribution in [0.2, 0.25) is 0 Å². The zero-order chi connectivity index (χ0) is 17.9. The summed E-state index contributed by atoms with van der Waals surface area (Å²) in [5, 5.41) is 3.22. The van der Waals surface area contributed by atoms with Gasteiger partial charge in [0.15, 0.2) is 0 Å². The molecule has 6 heteroatoms. The lowest BCUT2D eigenvalue weighted by Crippen LogP contribution is -2.04. The third-order valence-electron chi connectivity index (χ3n) is 4.11. The lowest BCUT2D eigenvalue weighted by Gasteiger charge is -2.11. The summed E-state index contributed by atoms with van der Waals surface area (Å²) in [5.74, 6) is 3.06. The van der Waals surface area contributed by atoms with E-state index in [-0.39, 0.29) is 0 Å². The minimum atomic E-state index is 0.520. The van der Waals surface area contributed by atoms with E-state index in [1.807, 2.05) is 50.4 Å². The molecule has 6 nitrogen and oxygen atoms in total. The second kappa shape index (κ2) is 6.84. The first-order valence-electron chi connectivity index (χ1n) is 8.32. The van der Waals surface area contributed by atoms with Crippen molar-refractivity contribution in [3.8, 4) is 22.4 Å². The van der Waals surface area contributed by atoms with E-state index in [4.69, 9.17) is 13.8 Å². The fourth-order valence-electron chi connectivity index (χ4n) is 2.79. The minimum absolute atomic E-state index is 0.520. The number of nitrogens with zero attached hydrogens (tertiary/aromatic N) is 3. The minimum Gasteiger partial charge on any atom is -0.469 e. The number of aryl methyl sites for hydroxylation is 2. The first kappa shape index (κ1) is 16.1. The third-order valence-corrected chi connectivity index (χ3v) is 4.11. The topological polar surface area (TPSA) is 77.0 Å². The van der Waals surface area contributed by atoms with Gasteiger partial charge in [0.1, 0.15) is 17.3 Å². The number of rotatable bonds is 5. The highest BCUT2D eigenvalue weighted by Gasteiger charge is 2.15. The van der Waals surface area contributed by atoms with Crippen LogP contribution in [-0.4, -0.2) is 15.0 Å². The van der Waals surface area contributed by atoms with Crippen LogP contribution in [0.1, 0.15) is 17.3 Å². The van der Waals surface area contributed by atoms with Gasteiger partial charge in [0.25, 0.3) is 0 Å². The maximum Gasteiger partial charge on any atom is 0.223 e. The van der Waals surface area contributed by atoms with Crippen LogP contribution in [-0.2, 0) is 6.54 Å². The van der Waals surface area contributed by atoms with Crippen LogP contribution in [0.4, 0.5) is 5.95 Å². The van der Waals surface area contributed by atoms with Crippen LogP contribution in [0.5, 0.6) is 0 Å². The maximum absolute atomic E-state index is 5.58. The molecule has 0 aromatic carbocycles. The summed E-state index contributed by atoms with van der Waals surface area (Å²) in [6, 6.07) is 9.67. The molecule has 0 fully saturated rings. The summed E-state index contributed by atoms with van der Waals surface area (Å²) in [5.41, 5.74) is 3.69. The first-order chi connectivity index (χ1) is 12.7. The molecule has 0 saturated carbocycles. The summed E-state index contributed by atoms with van der Waals surface area (Å²) < 4.78 is 11.1. The number of aromatic nitrogens is 3. The first-order valence-corrected chi connectivity index (χ1v) is 8.32. The molecule has 0 aliphatic heterocycles. The Morgan fingerprint density at radius 2 is 1.85 bits per heavy atom. The van der Waals surface area contributed by atoms with E-state index < -0.39 is 0 Å². The number of pyridine rings is 1. The lowest BCUT2D eigenvalue weighted by molar-refractivity contribution is 0.490. The number of anilines is 1. The number of furan rings is 2. The van der Waals surface area contributed by atoms with Gasteiger partial charge in [0.05, 0.1) is 18.5 Å². The van der Waals surface area contributed by atoms with Gasteiger partial charge in [-0.15, -0.1) is 0 Å². The van der Waals surface area contributed by atoms with E-state index in [1.54, 1.807) is 18.7 Å². The van der Waals surface area contributed by atoms with Crippen LogP contribution in [0.15, 0.2) is 64.0 Å². The Kier molecular flexibility index (Phi) is 4.23. The number of hydrogen-bond donors (Lipinski definition) is 1. The van der Waals surface area contributed by atoms with Crippen LogP contribution in [0.3, 0.4) is 0 Å². The molecular weight excluding hydrogens is 328 g/mol. The van der Waals surface area contributed by atoms with Gasteiger partial charge in [-0.3, -0.25) is 4.98 Å². The van der Waals surface area contributed by atoms with Gasteiger partial charge < -0.3 is 14.2 Å². The molecule has 0 amide bonds. The van der Waals surface area contributed by atoms with Crippen molar-refractivity contribution < 1.29 is 8.83 Å². The van der Waals surface area contributed by atoms with Crippen molar-refractivity contribution >= 4 is 5.95 Å². The number of nitrogens with one attached hydrogen (secondary N) is 1. The van der Waals surface area contributed by atoms with Gasteiger partial charge in [-0.1, -0.05) is 0 Å². The third kappa shape index (κ3) is 3.21. The van der Waals surface area contributed by atoms with Crippen molar-refractivity contribution in [1.29, 1.82) is 0 Å². The predicted octanol–water partition coefficient (Wildman–Crippen LogP) is 4.62.